The van der Waals surface area contributed by atoms with Gasteiger partial charge in [0.05, 0.1) is 16.5 Å². The third-order valence-electron chi connectivity index (χ3n) is 3.66. The van der Waals surface area contributed by atoms with Crippen LogP contribution in [0.4, 0.5) is 0 Å². The van der Waals surface area contributed by atoms with Crippen molar-refractivity contribution in [3.8, 4) is 0 Å². The van der Waals surface area contributed by atoms with E-state index in [0.717, 1.165) is 0 Å². The van der Waals surface area contributed by atoms with Gasteiger partial charge in [0, 0.05) is 12.2 Å². The molecule has 0 saturated heterocycles. The maximum Gasteiger partial charge on any atom is 0.306 e. The lowest BCUT2D eigenvalue weighted by Crippen LogP contribution is -2.31. The largest absolute Gasteiger partial charge is 0.481 e. The highest BCUT2D eigenvalue weighted by molar-refractivity contribution is 6.32. The molecule has 2 rings (SSSR count). The van der Waals surface area contributed by atoms with E-state index in [0.29, 0.717) is 32.0 Å². The minimum absolute atomic E-state index is 0.0375. The van der Waals surface area contributed by atoms with Crippen molar-refractivity contribution in [3.63, 3.8) is 0 Å². The summed E-state index contributed by atoms with van der Waals surface area (Å²) in [6.07, 6.45) is 4.37. The molecule has 0 aromatic carbocycles. The molecule has 1 aromatic heterocycles. The van der Waals surface area contributed by atoms with Crippen LogP contribution in [0.5, 0.6) is 0 Å². The summed E-state index contributed by atoms with van der Waals surface area (Å²) >= 11 is 5.78. The number of halogens is 1. The van der Waals surface area contributed by atoms with Crippen LogP contribution in [-0.4, -0.2) is 21.9 Å². The van der Waals surface area contributed by atoms with Gasteiger partial charge in [0.15, 0.2) is 6.29 Å². The van der Waals surface area contributed by atoms with Crippen LogP contribution in [0, 0.1) is 5.92 Å². The van der Waals surface area contributed by atoms with Gasteiger partial charge < -0.3 is 9.67 Å². The number of hydrogen-bond donors (Lipinski definition) is 1. The van der Waals surface area contributed by atoms with E-state index in [1.54, 1.807) is 6.20 Å². The molecule has 0 atom stereocenters. The molecule has 1 saturated carbocycles. The first-order valence-corrected chi connectivity index (χ1v) is 6.51. The van der Waals surface area contributed by atoms with E-state index in [2.05, 4.69) is 0 Å². The van der Waals surface area contributed by atoms with E-state index < -0.39 is 11.5 Å². The minimum Gasteiger partial charge on any atom is -0.481 e. The molecule has 0 spiro atoms. The molecule has 1 fully saturated rings. The first kappa shape index (κ1) is 13.8. The second-order valence-electron chi connectivity index (χ2n) is 4.75. The fourth-order valence-corrected chi connectivity index (χ4v) is 2.72. The van der Waals surface area contributed by atoms with Crippen molar-refractivity contribution < 1.29 is 14.7 Å². The molecule has 0 amide bonds. The Hall–Kier alpha value is -1.62. The van der Waals surface area contributed by atoms with Crippen molar-refractivity contribution >= 4 is 23.9 Å². The van der Waals surface area contributed by atoms with Crippen LogP contribution in [-0.2, 0) is 4.79 Å². The first-order valence-electron chi connectivity index (χ1n) is 6.13. The van der Waals surface area contributed by atoms with Gasteiger partial charge in [-0.05, 0) is 31.7 Å². The highest BCUT2D eigenvalue weighted by Crippen LogP contribution is 2.31. The predicted molar refractivity (Wildman–Crippen MR) is 69.7 cm³/mol. The zero-order chi connectivity index (χ0) is 14.0. The van der Waals surface area contributed by atoms with E-state index in [-0.39, 0.29) is 22.5 Å². The van der Waals surface area contributed by atoms with Crippen molar-refractivity contribution in [2.24, 2.45) is 5.92 Å². The molecular weight excluding hydrogens is 270 g/mol. The number of carboxylic acids is 1. The third-order valence-corrected chi connectivity index (χ3v) is 3.99. The third kappa shape index (κ3) is 2.71. The first-order chi connectivity index (χ1) is 9.04. The molecule has 0 unspecified atom stereocenters. The Balaban J connectivity index is 2.23. The Labute approximate surface area is 114 Å². The molecule has 1 heterocycles. The van der Waals surface area contributed by atoms with Gasteiger partial charge in [-0.3, -0.25) is 14.4 Å². The summed E-state index contributed by atoms with van der Waals surface area (Å²) in [5.74, 6) is -1.11. The SMILES string of the molecule is O=Cc1c(Cl)ccn([C@H]2CC[C@@H](C(=O)O)CC2)c1=O. The lowest BCUT2D eigenvalue weighted by atomic mass is 9.86. The summed E-state index contributed by atoms with van der Waals surface area (Å²) in [5, 5.41) is 9.08. The van der Waals surface area contributed by atoms with Crippen LogP contribution in [0.25, 0.3) is 0 Å². The normalized spacial score (nSPS) is 23.0. The van der Waals surface area contributed by atoms with Crippen LogP contribution in [0.2, 0.25) is 5.02 Å². The van der Waals surface area contributed by atoms with E-state index in [4.69, 9.17) is 16.7 Å². The maximum absolute atomic E-state index is 12.1. The standard InChI is InChI=1S/C13H14ClNO4/c14-11-5-6-15(12(17)10(11)7-16)9-3-1-8(2-4-9)13(18)19/h5-9H,1-4H2,(H,18,19)/t8-,9+. The Morgan fingerprint density at radius 1 is 1.37 bits per heavy atom. The Bertz CT molecular complexity index is 558. The molecule has 102 valence electrons. The Morgan fingerprint density at radius 3 is 2.53 bits per heavy atom. The van der Waals surface area contributed by atoms with Gasteiger partial charge in [-0.2, -0.15) is 0 Å². The second kappa shape index (κ2) is 5.57. The van der Waals surface area contributed by atoms with Crippen LogP contribution < -0.4 is 5.56 Å². The fraction of sp³-hybridized carbons (Fsp3) is 0.462. The fourth-order valence-electron chi connectivity index (χ4n) is 2.54. The topological polar surface area (TPSA) is 76.4 Å². The molecule has 1 aliphatic carbocycles. The van der Waals surface area contributed by atoms with Crippen LogP contribution in [0.3, 0.4) is 0 Å². The second-order valence-corrected chi connectivity index (χ2v) is 5.16. The predicted octanol–water partition coefficient (Wildman–Crippen LogP) is 2.13. The van der Waals surface area contributed by atoms with Crippen LogP contribution >= 0.6 is 11.6 Å². The number of hydrogen-bond acceptors (Lipinski definition) is 3. The highest BCUT2D eigenvalue weighted by Gasteiger charge is 2.27. The van der Waals surface area contributed by atoms with Crippen molar-refractivity contribution in [2.45, 2.75) is 31.7 Å². The lowest BCUT2D eigenvalue weighted by molar-refractivity contribution is -0.143. The quantitative estimate of drug-likeness (QED) is 0.862. The van der Waals surface area contributed by atoms with Gasteiger partial charge in [-0.1, -0.05) is 11.6 Å². The van der Waals surface area contributed by atoms with Gasteiger partial charge in [0.1, 0.15) is 0 Å². The average molecular weight is 284 g/mol. The summed E-state index contributed by atoms with van der Waals surface area (Å²) in [7, 11) is 0. The number of aromatic nitrogens is 1. The molecule has 6 heteroatoms. The van der Waals surface area contributed by atoms with Crippen molar-refractivity contribution in [2.75, 3.05) is 0 Å². The molecule has 1 aromatic rings. The zero-order valence-electron chi connectivity index (χ0n) is 10.2. The highest BCUT2D eigenvalue weighted by atomic mass is 35.5. The number of rotatable bonds is 3. The van der Waals surface area contributed by atoms with E-state index in [1.807, 2.05) is 0 Å². The smallest absolute Gasteiger partial charge is 0.306 e. The summed E-state index contributed by atoms with van der Waals surface area (Å²) in [5.41, 5.74) is -0.439. The van der Waals surface area contributed by atoms with E-state index >= 15 is 0 Å². The number of carbonyl (C=O) groups excluding carboxylic acids is 1. The van der Waals surface area contributed by atoms with Gasteiger partial charge >= 0.3 is 5.97 Å². The van der Waals surface area contributed by atoms with Gasteiger partial charge in [-0.15, -0.1) is 0 Å². The maximum atomic E-state index is 12.1. The van der Waals surface area contributed by atoms with Crippen molar-refractivity contribution in [1.82, 2.24) is 4.57 Å². The summed E-state index contributed by atoms with van der Waals surface area (Å²) in [6.45, 7) is 0. The Morgan fingerprint density at radius 2 is 2.00 bits per heavy atom. The number of nitrogens with zero attached hydrogens (tertiary/aromatic N) is 1. The van der Waals surface area contributed by atoms with Crippen LogP contribution in [0.15, 0.2) is 17.1 Å². The number of carbonyl (C=O) groups is 2. The molecule has 0 aliphatic heterocycles. The lowest BCUT2D eigenvalue weighted by Gasteiger charge is -2.27. The zero-order valence-corrected chi connectivity index (χ0v) is 11.0. The molecule has 0 bridgehead atoms. The number of carboxylic acid groups (broad SMARTS) is 1. The summed E-state index contributed by atoms with van der Waals surface area (Å²) < 4.78 is 1.49. The van der Waals surface area contributed by atoms with Gasteiger partial charge in [0.25, 0.3) is 5.56 Å². The molecule has 1 aliphatic rings. The van der Waals surface area contributed by atoms with Gasteiger partial charge in [-0.25, -0.2) is 0 Å². The van der Waals surface area contributed by atoms with Crippen LogP contribution in [0.1, 0.15) is 42.1 Å². The Kier molecular flexibility index (Phi) is 4.04. The summed E-state index contributed by atoms with van der Waals surface area (Å²) in [6, 6.07) is 1.47. The van der Waals surface area contributed by atoms with Crippen molar-refractivity contribution in [3.05, 3.63) is 33.2 Å². The number of aliphatic carboxylic acids is 1. The average Bonchev–Trinajstić information content (AvgIpc) is 2.39. The molecule has 19 heavy (non-hydrogen) atoms. The summed E-state index contributed by atoms with van der Waals surface area (Å²) in [4.78, 5) is 33.8. The molecule has 0 radical (unpaired) electrons. The minimum atomic E-state index is -0.782. The monoisotopic (exact) mass is 283 g/mol. The molecular formula is C13H14ClNO4. The number of pyridine rings is 1. The van der Waals surface area contributed by atoms with E-state index in [1.165, 1.54) is 10.6 Å². The van der Waals surface area contributed by atoms with Gasteiger partial charge in [0.2, 0.25) is 0 Å². The van der Waals surface area contributed by atoms with E-state index in [9.17, 15) is 14.4 Å². The molecule has 1 N–H and O–H groups in total. The number of aldehydes is 1. The van der Waals surface area contributed by atoms with Crippen molar-refractivity contribution in [1.29, 1.82) is 0 Å². The molecule has 5 nitrogen and oxygen atoms in total.